The topological polar surface area (TPSA) is 20.3 Å². The van der Waals surface area contributed by atoms with Crippen LogP contribution in [-0.4, -0.2) is 28.8 Å². The molecule has 3 unspecified atom stereocenters. The zero-order chi connectivity index (χ0) is 10.8. The van der Waals surface area contributed by atoms with Gasteiger partial charge in [-0.1, -0.05) is 19.8 Å². The summed E-state index contributed by atoms with van der Waals surface area (Å²) in [7, 11) is 0. The van der Waals surface area contributed by atoms with Gasteiger partial charge >= 0.3 is 0 Å². The van der Waals surface area contributed by atoms with Crippen molar-refractivity contribution in [2.75, 3.05) is 0 Å². The normalized spacial score (nSPS) is 34.1. The molecule has 0 N–H and O–H groups in total. The van der Waals surface area contributed by atoms with Crippen molar-refractivity contribution >= 4 is 5.78 Å². The minimum atomic E-state index is 0.504. The summed E-state index contributed by atoms with van der Waals surface area (Å²) in [6.07, 6.45) is 8.01. The van der Waals surface area contributed by atoms with Crippen molar-refractivity contribution in [2.24, 2.45) is 0 Å². The number of hydrogen-bond acceptors (Lipinski definition) is 2. The Kier molecular flexibility index (Phi) is 3.45. The van der Waals surface area contributed by atoms with E-state index < -0.39 is 0 Å². The second-order valence-corrected chi connectivity index (χ2v) is 5.27. The molecule has 2 aliphatic heterocycles. The van der Waals surface area contributed by atoms with E-state index in [0.29, 0.717) is 23.9 Å². The molecule has 2 rings (SSSR count). The van der Waals surface area contributed by atoms with Gasteiger partial charge in [0.1, 0.15) is 5.78 Å². The van der Waals surface area contributed by atoms with E-state index in [4.69, 9.17) is 0 Å². The van der Waals surface area contributed by atoms with Gasteiger partial charge in [-0.15, -0.1) is 0 Å². The van der Waals surface area contributed by atoms with Crippen molar-refractivity contribution in [2.45, 2.75) is 76.9 Å². The molecule has 0 spiro atoms. The Morgan fingerprint density at radius 3 is 2.47 bits per heavy atom. The monoisotopic (exact) mass is 209 g/mol. The third kappa shape index (κ3) is 2.25. The van der Waals surface area contributed by atoms with Crippen molar-refractivity contribution < 1.29 is 4.79 Å². The minimum Gasteiger partial charge on any atom is -0.300 e. The molecule has 2 fully saturated rings. The maximum absolute atomic E-state index is 11.6. The first-order valence-electron chi connectivity index (χ1n) is 6.51. The first-order valence-corrected chi connectivity index (χ1v) is 6.51. The van der Waals surface area contributed by atoms with E-state index in [0.717, 1.165) is 12.8 Å². The molecule has 2 saturated heterocycles. The number of Topliss-reactive ketones (excluding diaryl/α,β-unsaturated/α-hetero) is 1. The summed E-state index contributed by atoms with van der Waals surface area (Å²) < 4.78 is 0. The van der Waals surface area contributed by atoms with Crippen LogP contribution in [0, 0.1) is 0 Å². The first kappa shape index (κ1) is 11.1. The van der Waals surface area contributed by atoms with Crippen LogP contribution in [-0.2, 0) is 4.79 Å². The molecule has 0 aliphatic carbocycles. The van der Waals surface area contributed by atoms with Crippen LogP contribution in [0.25, 0.3) is 0 Å². The lowest BCUT2D eigenvalue weighted by molar-refractivity contribution is -0.128. The van der Waals surface area contributed by atoms with Crippen molar-refractivity contribution in [1.82, 2.24) is 4.90 Å². The predicted molar refractivity (Wildman–Crippen MR) is 61.9 cm³/mol. The number of hydrogen-bond donors (Lipinski definition) is 0. The van der Waals surface area contributed by atoms with E-state index in [1.54, 1.807) is 0 Å². The standard InChI is InChI=1S/C13H23NO/c1-3-5-10(2)14-11-6-4-7-12(14)9-13(15)8-11/h10-12H,3-9H2,1-2H3. The lowest BCUT2D eigenvalue weighted by Crippen LogP contribution is -2.55. The Morgan fingerprint density at radius 1 is 1.33 bits per heavy atom. The SMILES string of the molecule is CCCC(C)N1C2CCCC1CC(=O)C2. The molecule has 0 aromatic rings. The number of fused-ring (bicyclic) bond motifs is 2. The molecular weight excluding hydrogens is 186 g/mol. The Bertz CT molecular complexity index is 223. The van der Waals surface area contributed by atoms with E-state index in [2.05, 4.69) is 18.7 Å². The highest BCUT2D eigenvalue weighted by Gasteiger charge is 2.39. The lowest BCUT2D eigenvalue weighted by Gasteiger charge is -2.48. The van der Waals surface area contributed by atoms with Crippen LogP contribution in [0.4, 0.5) is 0 Å². The van der Waals surface area contributed by atoms with Gasteiger partial charge in [-0.05, 0) is 26.2 Å². The van der Waals surface area contributed by atoms with Gasteiger partial charge in [-0.25, -0.2) is 0 Å². The van der Waals surface area contributed by atoms with E-state index in [9.17, 15) is 4.79 Å². The maximum Gasteiger partial charge on any atom is 0.136 e. The van der Waals surface area contributed by atoms with Gasteiger partial charge in [-0.2, -0.15) is 0 Å². The van der Waals surface area contributed by atoms with Crippen molar-refractivity contribution in [3.63, 3.8) is 0 Å². The number of piperidine rings is 2. The Morgan fingerprint density at radius 2 is 1.93 bits per heavy atom. The van der Waals surface area contributed by atoms with Gasteiger partial charge in [0, 0.05) is 31.0 Å². The molecule has 0 aromatic carbocycles. The van der Waals surface area contributed by atoms with Crippen LogP contribution in [0.3, 0.4) is 0 Å². The molecule has 2 bridgehead atoms. The average Bonchev–Trinajstić information content (AvgIpc) is 2.16. The van der Waals surface area contributed by atoms with Crippen molar-refractivity contribution in [1.29, 1.82) is 0 Å². The molecule has 15 heavy (non-hydrogen) atoms. The van der Waals surface area contributed by atoms with Crippen LogP contribution in [0.2, 0.25) is 0 Å². The number of rotatable bonds is 3. The summed E-state index contributed by atoms with van der Waals surface area (Å²) in [4.78, 5) is 14.2. The van der Waals surface area contributed by atoms with E-state index in [-0.39, 0.29) is 0 Å². The van der Waals surface area contributed by atoms with Crippen LogP contribution < -0.4 is 0 Å². The highest BCUT2D eigenvalue weighted by molar-refractivity contribution is 5.80. The minimum absolute atomic E-state index is 0.504. The largest absolute Gasteiger partial charge is 0.300 e. The molecular formula is C13H23NO. The summed E-state index contributed by atoms with van der Waals surface area (Å²) in [5.74, 6) is 0.504. The second-order valence-electron chi connectivity index (χ2n) is 5.27. The lowest BCUT2D eigenvalue weighted by atomic mass is 9.82. The molecule has 2 heterocycles. The Labute approximate surface area is 93.0 Å². The zero-order valence-electron chi connectivity index (χ0n) is 10.0. The van der Waals surface area contributed by atoms with Gasteiger partial charge in [-0.3, -0.25) is 9.69 Å². The quantitative estimate of drug-likeness (QED) is 0.712. The third-order valence-corrected chi connectivity index (χ3v) is 4.06. The summed E-state index contributed by atoms with van der Waals surface area (Å²) in [5, 5.41) is 0. The fourth-order valence-corrected chi connectivity index (χ4v) is 3.50. The van der Waals surface area contributed by atoms with E-state index in [1.165, 1.54) is 32.1 Å². The summed E-state index contributed by atoms with van der Waals surface area (Å²) in [6, 6.07) is 1.83. The molecule has 0 saturated carbocycles. The van der Waals surface area contributed by atoms with Gasteiger partial charge in [0.25, 0.3) is 0 Å². The molecule has 2 aliphatic rings. The van der Waals surface area contributed by atoms with Crippen LogP contribution in [0.15, 0.2) is 0 Å². The van der Waals surface area contributed by atoms with Crippen LogP contribution in [0.5, 0.6) is 0 Å². The van der Waals surface area contributed by atoms with Crippen LogP contribution in [0.1, 0.15) is 58.8 Å². The van der Waals surface area contributed by atoms with Gasteiger partial charge in [0.15, 0.2) is 0 Å². The van der Waals surface area contributed by atoms with Crippen LogP contribution >= 0.6 is 0 Å². The predicted octanol–water partition coefficient (Wildman–Crippen LogP) is 2.76. The van der Waals surface area contributed by atoms with Gasteiger partial charge < -0.3 is 0 Å². The molecule has 0 amide bonds. The zero-order valence-corrected chi connectivity index (χ0v) is 10.0. The smallest absolute Gasteiger partial charge is 0.136 e. The molecule has 0 radical (unpaired) electrons. The second kappa shape index (κ2) is 4.65. The summed E-state index contributed by atoms with van der Waals surface area (Å²) >= 11 is 0. The maximum atomic E-state index is 11.6. The molecule has 2 nitrogen and oxygen atoms in total. The van der Waals surface area contributed by atoms with Gasteiger partial charge in [0.05, 0.1) is 0 Å². The number of carbonyl (C=O) groups excluding carboxylic acids is 1. The summed E-state index contributed by atoms with van der Waals surface area (Å²) in [6.45, 7) is 4.59. The van der Waals surface area contributed by atoms with E-state index in [1.807, 2.05) is 0 Å². The fourth-order valence-electron chi connectivity index (χ4n) is 3.50. The van der Waals surface area contributed by atoms with E-state index >= 15 is 0 Å². The highest BCUT2D eigenvalue weighted by Crippen LogP contribution is 2.34. The van der Waals surface area contributed by atoms with Crippen molar-refractivity contribution in [3.05, 3.63) is 0 Å². The molecule has 3 atom stereocenters. The number of nitrogens with zero attached hydrogens (tertiary/aromatic N) is 1. The molecule has 86 valence electrons. The van der Waals surface area contributed by atoms with Gasteiger partial charge in [0.2, 0.25) is 0 Å². The first-order chi connectivity index (χ1) is 7.22. The number of ketones is 1. The third-order valence-electron chi connectivity index (χ3n) is 4.06. The molecule has 2 heteroatoms. The number of carbonyl (C=O) groups is 1. The average molecular weight is 209 g/mol. The highest BCUT2D eigenvalue weighted by atomic mass is 16.1. The van der Waals surface area contributed by atoms with Crippen molar-refractivity contribution in [3.8, 4) is 0 Å². The Balaban J connectivity index is 2.06. The molecule has 0 aromatic heterocycles. The fraction of sp³-hybridized carbons (Fsp3) is 0.923. The summed E-state index contributed by atoms with van der Waals surface area (Å²) in [5.41, 5.74) is 0. The Hall–Kier alpha value is -0.370.